The zero-order chi connectivity index (χ0) is 11.4. The van der Waals surface area contributed by atoms with Crippen LogP contribution in [-0.4, -0.2) is 43.8 Å². The highest BCUT2D eigenvalue weighted by atomic mass is 32.2. The van der Waals surface area contributed by atoms with Crippen LogP contribution in [0, 0.1) is 0 Å². The molecule has 82 valence electrons. The monoisotopic (exact) mass is 229 g/mol. The molecule has 0 aromatic carbocycles. The van der Waals surface area contributed by atoms with Gasteiger partial charge >= 0.3 is 5.97 Å². The van der Waals surface area contributed by atoms with Crippen molar-refractivity contribution in [3.8, 4) is 0 Å². The number of nitrogens with zero attached hydrogens (tertiary/aromatic N) is 1. The van der Waals surface area contributed by atoms with Gasteiger partial charge in [-0.05, 0) is 13.8 Å². The second-order valence-corrected chi connectivity index (χ2v) is 5.61. The molecule has 2 rings (SSSR count). The first-order chi connectivity index (χ1) is 6.88. The Labute approximate surface area is 90.8 Å². The molecule has 2 heterocycles. The number of carbonyl (C=O) groups is 3. The summed E-state index contributed by atoms with van der Waals surface area (Å²) in [7, 11) is 0. The number of hydrogen-bond donors (Lipinski definition) is 1. The van der Waals surface area contributed by atoms with E-state index in [-0.39, 0.29) is 17.1 Å². The summed E-state index contributed by atoms with van der Waals surface area (Å²) in [5.41, 5.74) is 0. The van der Waals surface area contributed by atoms with Gasteiger partial charge in [-0.1, -0.05) is 0 Å². The van der Waals surface area contributed by atoms with E-state index in [1.807, 2.05) is 0 Å². The van der Waals surface area contributed by atoms with Gasteiger partial charge in [-0.25, -0.2) is 4.79 Å². The number of amides is 1. The first-order valence-electron chi connectivity index (χ1n) is 4.60. The highest BCUT2D eigenvalue weighted by Gasteiger charge is 2.62. The molecule has 15 heavy (non-hydrogen) atoms. The summed E-state index contributed by atoms with van der Waals surface area (Å²) in [6.07, 6.45) is 0.345. The van der Waals surface area contributed by atoms with E-state index in [0.29, 0.717) is 6.42 Å². The van der Waals surface area contributed by atoms with Crippen molar-refractivity contribution in [1.82, 2.24) is 4.90 Å². The summed E-state index contributed by atoms with van der Waals surface area (Å²) in [6, 6.07) is -1.01. The van der Waals surface area contributed by atoms with Gasteiger partial charge < -0.3 is 10.0 Å². The molecule has 1 amide bonds. The summed E-state index contributed by atoms with van der Waals surface area (Å²) in [6.45, 7) is 2.98. The molecule has 1 N–H and O–H groups in total. The van der Waals surface area contributed by atoms with Crippen molar-refractivity contribution < 1.29 is 19.5 Å². The summed E-state index contributed by atoms with van der Waals surface area (Å²) in [5, 5.41) is 8.95. The minimum atomic E-state index is -1.10. The zero-order valence-corrected chi connectivity index (χ0v) is 9.21. The van der Waals surface area contributed by atoms with Crippen LogP contribution < -0.4 is 0 Å². The lowest BCUT2D eigenvalue weighted by Gasteiger charge is -2.36. The van der Waals surface area contributed by atoms with Crippen LogP contribution in [0.25, 0.3) is 0 Å². The van der Waals surface area contributed by atoms with Gasteiger partial charge in [-0.3, -0.25) is 9.59 Å². The van der Waals surface area contributed by atoms with E-state index in [9.17, 15) is 14.4 Å². The Bertz CT molecular complexity index is 369. The molecule has 0 aromatic heterocycles. The van der Waals surface area contributed by atoms with Crippen molar-refractivity contribution in [1.29, 1.82) is 0 Å². The van der Waals surface area contributed by atoms with E-state index in [1.54, 1.807) is 6.92 Å². The summed E-state index contributed by atoms with van der Waals surface area (Å²) in [5.74, 6) is -1.47. The molecule has 5 nitrogen and oxygen atoms in total. The minimum Gasteiger partial charge on any atom is -0.480 e. The van der Waals surface area contributed by atoms with Crippen LogP contribution in [0.5, 0.6) is 0 Å². The molecular formula is C9H11NO4S. The van der Waals surface area contributed by atoms with Gasteiger partial charge in [-0.2, -0.15) is 0 Å². The van der Waals surface area contributed by atoms with Crippen molar-refractivity contribution in [2.75, 3.05) is 0 Å². The zero-order valence-electron chi connectivity index (χ0n) is 8.39. The summed E-state index contributed by atoms with van der Waals surface area (Å²) in [4.78, 5) is 35.2. The van der Waals surface area contributed by atoms with E-state index in [0.717, 1.165) is 0 Å². The number of β-lactam (4-membered cyclic amide) rings is 1. The first kappa shape index (κ1) is 10.5. The Kier molecular flexibility index (Phi) is 2.08. The maximum atomic E-state index is 11.5. The molecule has 0 radical (unpaired) electrons. The largest absolute Gasteiger partial charge is 0.480 e. The van der Waals surface area contributed by atoms with E-state index in [1.165, 1.54) is 23.6 Å². The molecule has 2 fully saturated rings. The molecule has 0 aromatic rings. The van der Waals surface area contributed by atoms with Crippen molar-refractivity contribution in [3.05, 3.63) is 0 Å². The number of ketones is 1. The van der Waals surface area contributed by atoms with Gasteiger partial charge in [0, 0.05) is 0 Å². The van der Waals surface area contributed by atoms with E-state index in [4.69, 9.17) is 5.11 Å². The first-order valence-corrected chi connectivity index (χ1v) is 5.48. The number of fused-ring (bicyclic) bond motifs is 1. The average Bonchev–Trinajstić information content (AvgIpc) is 2.35. The van der Waals surface area contributed by atoms with Crippen molar-refractivity contribution >= 4 is 29.4 Å². The van der Waals surface area contributed by atoms with E-state index in [2.05, 4.69) is 0 Å². The number of Topliss-reactive ketones (excluding diaryl/α,β-unsaturated/α-hetero) is 1. The highest BCUT2D eigenvalue weighted by molar-refractivity contribution is 8.02. The Balaban J connectivity index is 2.39. The Morgan fingerprint density at radius 2 is 2.20 bits per heavy atom. The molecule has 2 aliphatic rings. The smallest absolute Gasteiger partial charge is 0.328 e. The van der Waals surface area contributed by atoms with Gasteiger partial charge in [0.1, 0.15) is 10.5 Å². The lowest BCUT2D eigenvalue weighted by molar-refractivity contribution is -0.158. The third-order valence-corrected chi connectivity index (χ3v) is 4.73. The summed E-state index contributed by atoms with van der Waals surface area (Å²) >= 11 is 1.29. The van der Waals surface area contributed by atoms with Gasteiger partial charge in [0.15, 0.2) is 6.04 Å². The highest BCUT2D eigenvalue weighted by Crippen LogP contribution is 2.51. The maximum absolute atomic E-state index is 11.5. The number of carboxylic acid groups (broad SMARTS) is 1. The molecule has 0 bridgehead atoms. The topological polar surface area (TPSA) is 74.7 Å². The molecule has 0 unspecified atom stereocenters. The fourth-order valence-corrected chi connectivity index (χ4v) is 3.71. The van der Waals surface area contributed by atoms with Crippen molar-refractivity contribution in [2.45, 2.75) is 36.4 Å². The molecule has 0 saturated carbocycles. The third-order valence-electron chi connectivity index (χ3n) is 3.06. The van der Waals surface area contributed by atoms with Crippen LogP contribution in [0.4, 0.5) is 0 Å². The Morgan fingerprint density at radius 1 is 1.60 bits per heavy atom. The van der Waals surface area contributed by atoms with Crippen LogP contribution in [0.1, 0.15) is 20.3 Å². The molecule has 0 aliphatic carbocycles. The number of rotatable bonds is 2. The number of aliphatic carboxylic acids is 1. The standard InChI is InChI=1S/C9H11NO4S/c1-4(11)9(2)7(8(13)14)10-5(12)3-6(10)15-9/h6-7H,3H2,1-2H3,(H,13,14)/t6-,7+,9+/m1/s1. The van der Waals surface area contributed by atoms with E-state index < -0.39 is 16.8 Å². The van der Waals surface area contributed by atoms with E-state index >= 15 is 0 Å². The lowest BCUT2D eigenvalue weighted by atomic mass is 9.93. The molecule has 3 atom stereocenters. The Hall–Kier alpha value is -1.04. The molecular weight excluding hydrogens is 218 g/mol. The normalized spacial score (nSPS) is 38.5. The number of carbonyl (C=O) groups excluding carboxylic acids is 2. The number of carboxylic acids is 1. The van der Waals surface area contributed by atoms with Crippen LogP contribution in [-0.2, 0) is 14.4 Å². The summed E-state index contributed by atoms with van der Waals surface area (Å²) < 4.78 is -0.997. The fraction of sp³-hybridized carbons (Fsp3) is 0.667. The predicted molar refractivity (Wildman–Crippen MR) is 53.4 cm³/mol. The molecule has 0 spiro atoms. The van der Waals surface area contributed by atoms with Crippen LogP contribution in [0.3, 0.4) is 0 Å². The third kappa shape index (κ3) is 1.20. The fourth-order valence-electron chi connectivity index (χ4n) is 2.05. The van der Waals surface area contributed by atoms with Gasteiger partial charge in [0.2, 0.25) is 5.91 Å². The SMILES string of the molecule is CC(=O)[C@]1(C)S[C@@H]2CC(=O)N2[C@H]1C(=O)O. The number of thioether (sulfide) groups is 1. The molecule has 6 heteroatoms. The molecule has 2 aliphatic heterocycles. The van der Waals surface area contributed by atoms with Gasteiger partial charge in [0.25, 0.3) is 0 Å². The maximum Gasteiger partial charge on any atom is 0.328 e. The second kappa shape index (κ2) is 2.98. The second-order valence-electron chi connectivity index (χ2n) is 3.98. The minimum absolute atomic E-state index is 0.132. The average molecular weight is 229 g/mol. The predicted octanol–water partition coefficient (Wildman–Crippen LogP) is 0.0925. The quantitative estimate of drug-likeness (QED) is 0.679. The van der Waals surface area contributed by atoms with Crippen LogP contribution >= 0.6 is 11.8 Å². The van der Waals surface area contributed by atoms with Crippen LogP contribution in [0.2, 0.25) is 0 Å². The van der Waals surface area contributed by atoms with Crippen molar-refractivity contribution in [3.63, 3.8) is 0 Å². The van der Waals surface area contributed by atoms with Crippen LogP contribution in [0.15, 0.2) is 0 Å². The lowest BCUT2D eigenvalue weighted by Crippen LogP contribution is -2.58. The molecule has 2 saturated heterocycles. The Morgan fingerprint density at radius 3 is 2.60 bits per heavy atom. The van der Waals surface area contributed by atoms with Gasteiger partial charge in [0.05, 0.1) is 11.8 Å². The van der Waals surface area contributed by atoms with Crippen molar-refractivity contribution in [2.24, 2.45) is 0 Å². The number of hydrogen-bond acceptors (Lipinski definition) is 4. The van der Waals surface area contributed by atoms with Gasteiger partial charge in [-0.15, -0.1) is 11.8 Å².